The lowest BCUT2D eigenvalue weighted by molar-refractivity contribution is 0.172. The molecule has 0 fully saturated rings. The summed E-state index contributed by atoms with van der Waals surface area (Å²) >= 11 is 0. The third kappa shape index (κ3) is 6.58. The molecular formula is C20H27ClN2O3. The number of ether oxygens (including phenoxy) is 2. The zero-order valence-corrected chi connectivity index (χ0v) is 16.5. The number of amides is 1. The molecule has 0 aliphatic heterocycles. The fraction of sp³-hybridized carbons (Fsp3) is 0.350. The van der Waals surface area contributed by atoms with Gasteiger partial charge < -0.3 is 19.7 Å². The van der Waals surface area contributed by atoms with Gasteiger partial charge in [-0.2, -0.15) is 0 Å². The van der Waals surface area contributed by atoms with E-state index < -0.39 is 0 Å². The molecule has 0 saturated heterocycles. The van der Waals surface area contributed by atoms with Gasteiger partial charge in [-0.05, 0) is 43.8 Å². The van der Waals surface area contributed by atoms with Gasteiger partial charge in [-0.3, -0.25) is 0 Å². The molecule has 5 nitrogen and oxygen atoms in total. The Kier molecular flexibility index (Phi) is 8.96. The Labute approximate surface area is 161 Å². The molecule has 2 rings (SSSR count). The lowest BCUT2D eigenvalue weighted by atomic mass is 10.0. The van der Waals surface area contributed by atoms with Crippen LogP contribution in [-0.4, -0.2) is 38.7 Å². The second-order valence-electron chi connectivity index (χ2n) is 6.13. The summed E-state index contributed by atoms with van der Waals surface area (Å²) in [6, 6.07) is 15.7. The van der Waals surface area contributed by atoms with E-state index in [-0.39, 0.29) is 24.5 Å². The molecule has 1 atom stereocenters. The van der Waals surface area contributed by atoms with Gasteiger partial charge in [0.2, 0.25) is 0 Å². The van der Waals surface area contributed by atoms with E-state index in [1.54, 1.807) is 20.2 Å². The van der Waals surface area contributed by atoms with Gasteiger partial charge in [0.1, 0.15) is 11.5 Å². The molecule has 1 N–H and O–H groups in total. The van der Waals surface area contributed by atoms with E-state index >= 15 is 0 Å². The molecular weight excluding hydrogens is 352 g/mol. The van der Waals surface area contributed by atoms with Crippen molar-refractivity contribution in [2.24, 2.45) is 0 Å². The van der Waals surface area contributed by atoms with Crippen LogP contribution in [0.5, 0.6) is 11.5 Å². The maximum absolute atomic E-state index is 11.7. The van der Waals surface area contributed by atoms with Crippen molar-refractivity contribution < 1.29 is 14.3 Å². The topological polar surface area (TPSA) is 50.8 Å². The Morgan fingerprint density at radius 2 is 1.81 bits per heavy atom. The number of nitrogens with zero attached hydrogens (tertiary/aromatic N) is 1. The number of halogens is 1. The van der Waals surface area contributed by atoms with Gasteiger partial charge in [0.25, 0.3) is 0 Å². The highest BCUT2D eigenvalue weighted by Crippen LogP contribution is 2.22. The van der Waals surface area contributed by atoms with E-state index in [9.17, 15) is 4.79 Å². The van der Waals surface area contributed by atoms with Crippen molar-refractivity contribution in [1.82, 2.24) is 10.2 Å². The first kappa shape index (κ1) is 21.8. The molecule has 0 heterocycles. The van der Waals surface area contributed by atoms with Crippen LogP contribution in [0, 0.1) is 6.92 Å². The van der Waals surface area contributed by atoms with Crippen molar-refractivity contribution in [3.8, 4) is 11.5 Å². The number of benzene rings is 2. The van der Waals surface area contributed by atoms with Crippen LogP contribution >= 0.6 is 12.4 Å². The van der Waals surface area contributed by atoms with Crippen LogP contribution in [-0.2, 0) is 0 Å². The Morgan fingerprint density at radius 1 is 1.12 bits per heavy atom. The summed E-state index contributed by atoms with van der Waals surface area (Å²) in [6.07, 6.45) is 0.413. The highest BCUT2D eigenvalue weighted by Gasteiger charge is 2.12. The highest BCUT2D eigenvalue weighted by atomic mass is 35.5. The molecule has 26 heavy (non-hydrogen) atoms. The first-order valence-corrected chi connectivity index (χ1v) is 8.35. The molecule has 0 aliphatic carbocycles. The lowest BCUT2D eigenvalue weighted by Gasteiger charge is -2.18. The lowest BCUT2D eigenvalue weighted by Crippen LogP contribution is -2.25. The van der Waals surface area contributed by atoms with Gasteiger partial charge in [-0.1, -0.05) is 29.8 Å². The van der Waals surface area contributed by atoms with Gasteiger partial charge >= 0.3 is 6.09 Å². The van der Waals surface area contributed by atoms with E-state index in [2.05, 4.69) is 12.2 Å². The van der Waals surface area contributed by atoms with Crippen molar-refractivity contribution in [3.05, 3.63) is 59.7 Å². The molecule has 0 bridgehead atoms. The highest BCUT2D eigenvalue weighted by molar-refractivity contribution is 5.85. The standard InChI is InChI=1S/C20H26N2O3.ClH/c1-15-8-10-17(11-9-15)24-13-12-19(21-2)16-6-5-7-18(14-16)25-20(23)22(3)4;/h5-11,14,19,21H,12-13H2,1-4H3;1H. The van der Waals surface area contributed by atoms with Crippen LogP contribution in [0.1, 0.15) is 23.6 Å². The van der Waals surface area contributed by atoms with Crippen molar-refractivity contribution in [1.29, 1.82) is 0 Å². The minimum atomic E-state index is -0.388. The average Bonchev–Trinajstić information content (AvgIpc) is 2.60. The van der Waals surface area contributed by atoms with Crippen LogP contribution in [0.15, 0.2) is 48.5 Å². The molecule has 0 aliphatic rings. The van der Waals surface area contributed by atoms with Crippen molar-refractivity contribution in [2.45, 2.75) is 19.4 Å². The summed E-state index contributed by atoms with van der Waals surface area (Å²) in [5, 5.41) is 3.29. The number of rotatable bonds is 7. The SMILES string of the molecule is CNC(CCOc1ccc(C)cc1)c1cccc(OC(=O)N(C)C)c1.Cl. The third-order valence-electron chi connectivity index (χ3n) is 3.88. The second-order valence-corrected chi connectivity index (χ2v) is 6.13. The predicted octanol–water partition coefficient (Wildman–Crippen LogP) is 4.21. The molecule has 1 amide bonds. The Morgan fingerprint density at radius 3 is 2.42 bits per heavy atom. The maximum Gasteiger partial charge on any atom is 0.414 e. The minimum Gasteiger partial charge on any atom is -0.494 e. The monoisotopic (exact) mass is 378 g/mol. The van der Waals surface area contributed by atoms with Crippen LogP contribution < -0.4 is 14.8 Å². The molecule has 0 radical (unpaired) electrons. The fourth-order valence-corrected chi connectivity index (χ4v) is 2.39. The molecule has 2 aromatic carbocycles. The smallest absolute Gasteiger partial charge is 0.414 e. The summed E-state index contributed by atoms with van der Waals surface area (Å²) < 4.78 is 11.1. The average molecular weight is 379 g/mol. The molecule has 6 heteroatoms. The van der Waals surface area contributed by atoms with E-state index in [0.717, 1.165) is 17.7 Å². The van der Waals surface area contributed by atoms with Gasteiger partial charge in [0, 0.05) is 26.6 Å². The first-order valence-electron chi connectivity index (χ1n) is 8.35. The fourth-order valence-electron chi connectivity index (χ4n) is 2.39. The number of carbonyl (C=O) groups is 1. The quantitative estimate of drug-likeness (QED) is 0.784. The predicted molar refractivity (Wildman–Crippen MR) is 106 cm³/mol. The van der Waals surface area contributed by atoms with E-state index in [1.165, 1.54) is 10.5 Å². The zero-order valence-electron chi connectivity index (χ0n) is 15.7. The zero-order chi connectivity index (χ0) is 18.2. The number of aryl methyl sites for hydroxylation is 1. The molecule has 142 valence electrons. The summed E-state index contributed by atoms with van der Waals surface area (Å²) in [5.41, 5.74) is 2.27. The summed E-state index contributed by atoms with van der Waals surface area (Å²) in [4.78, 5) is 13.1. The Hall–Kier alpha value is -2.24. The number of nitrogens with one attached hydrogen (secondary N) is 1. The molecule has 0 spiro atoms. The number of hydrogen-bond acceptors (Lipinski definition) is 4. The molecule has 0 saturated carbocycles. The van der Waals surface area contributed by atoms with Crippen molar-refractivity contribution in [3.63, 3.8) is 0 Å². The van der Waals surface area contributed by atoms with Gasteiger partial charge in [-0.25, -0.2) is 4.79 Å². The Balaban J connectivity index is 0.00000338. The van der Waals surface area contributed by atoms with Crippen LogP contribution in [0.3, 0.4) is 0 Å². The Bertz CT molecular complexity index is 690. The number of hydrogen-bond donors (Lipinski definition) is 1. The van der Waals surface area contributed by atoms with Crippen LogP contribution in [0.4, 0.5) is 4.79 Å². The van der Waals surface area contributed by atoms with Crippen molar-refractivity contribution >= 4 is 18.5 Å². The van der Waals surface area contributed by atoms with Gasteiger partial charge in [0.15, 0.2) is 0 Å². The van der Waals surface area contributed by atoms with Gasteiger partial charge in [0.05, 0.1) is 6.61 Å². The minimum absolute atomic E-state index is 0. The molecule has 1 unspecified atom stereocenters. The summed E-state index contributed by atoms with van der Waals surface area (Å²) in [6.45, 7) is 2.65. The van der Waals surface area contributed by atoms with E-state index in [0.29, 0.717) is 12.4 Å². The summed E-state index contributed by atoms with van der Waals surface area (Å²) in [5.74, 6) is 1.41. The van der Waals surface area contributed by atoms with E-state index in [1.807, 2.05) is 49.5 Å². The molecule has 0 aromatic heterocycles. The van der Waals surface area contributed by atoms with Crippen LogP contribution in [0.25, 0.3) is 0 Å². The second kappa shape index (κ2) is 10.7. The van der Waals surface area contributed by atoms with Crippen molar-refractivity contribution in [2.75, 3.05) is 27.7 Å². The summed E-state index contributed by atoms with van der Waals surface area (Å²) in [7, 11) is 5.23. The van der Waals surface area contributed by atoms with Gasteiger partial charge in [-0.15, -0.1) is 12.4 Å². The largest absolute Gasteiger partial charge is 0.494 e. The molecule has 2 aromatic rings. The van der Waals surface area contributed by atoms with E-state index in [4.69, 9.17) is 9.47 Å². The first-order chi connectivity index (χ1) is 12.0. The third-order valence-corrected chi connectivity index (χ3v) is 3.88. The normalized spacial score (nSPS) is 11.2. The maximum atomic E-state index is 11.7. The number of carbonyl (C=O) groups excluding carboxylic acids is 1. The van der Waals surface area contributed by atoms with Crippen LogP contribution in [0.2, 0.25) is 0 Å².